The van der Waals surface area contributed by atoms with Crippen LogP contribution in [0.25, 0.3) is 22.2 Å². The van der Waals surface area contributed by atoms with Crippen LogP contribution in [0.5, 0.6) is 0 Å². The molecule has 5 heteroatoms. The molecule has 0 bridgehead atoms. The summed E-state index contributed by atoms with van der Waals surface area (Å²) in [7, 11) is 0. The van der Waals surface area contributed by atoms with Crippen molar-refractivity contribution in [1.29, 1.82) is 0 Å². The monoisotopic (exact) mass is 337 g/mol. The minimum Gasteiger partial charge on any atom is -0.478 e. The van der Waals surface area contributed by atoms with Crippen molar-refractivity contribution in [1.82, 2.24) is 4.57 Å². The van der Waals surface area contributed by atoms with E-state index in [9.17, 15) is 14.7 Å². The van der Waals surface area contributed by atoms with Gasteiger partial charge in [-0.05, 0) is 39.0 Å². The maximum absolute atomic E-state index is 12.8. The van der Waals surface area contributed by atoms with Crippen molar-refractivity contribution >= 4 is 23.0 Å². The largest absolute Gasteiger partial charge is 0.478 e. The molecule has 0 spiro atoms. The molecule has 0 radical (unpaired) electrons. The zero-order valence-electron chi connectivity index (χ0n) is 14.3. The average Bonchev–Trinajstić information content (AvgIpc) is 2.92. The van der Waals surface area contributed by atoms with Crippen molar-refractivity contribution < 1.29 is 19.4 Å². The number of para-hydroxylation sites is 1. The van der Waals surface area contributed by atoms with Crippen LogP contribution < -0.4 is 0 Å². The molecule has 25 heavy (non-hydrogen) atoms. The van der Waals surface area contributed by atoms with Crippen LogP contribution in [-0.4, -0.2) is 27.3 Å². The molecule has 0 amide bonds. The first kappa shape index (κ1) is 16.8. The summed E-state index contributed by atoms with van der Waals surface area (Å²) in [5.74, 6) is -1.04. The molecule has 2 aromatic carbocycles. The van der Waals surface area contributed by atoms with Crippen LogP contribution in [0.3, 0.4) is 0 Å². The molecule has 0 aliphatic carbocycles. The maximum atomic E-state index is 12.8. The van der Waals surface area contributed by atoms with Gasteiger partial charge in [0.1, 0.15) is 5.60 Å². The number of fused-ring (bicyclic) bond motifs is 1. The summed E-state index contributed by atoms with van der Waals surface area (Å²) in [6, 6.07) is 15.8. The number of carboxylic acid groups (broad SMARTS) is 1. The van der Waals surface area contributed by atoms with Gasteiger partial charge in [0.25, 0.3) is 0 Å². The summed E-state index contributed by atoms with van der Waals surface area (Å²) < 4.78 is 6.96. The summed E-state index contributed by atoms with van der Waals surface area (Å²) in [5.41, 5.74) is 1.11. The molecule has 5 nitrogen and oxygen atoms in total. The minimum absolute atomic E-state index is 0.134. The number of aromatic carboxylic acids is 1. The van der Waals surface area contributed by atoms with E-state index in [1.807, 2.05) is 24.3 Å². The van der Waals surface area contributed by atoms with Gasteiger partial charge in [0, 0.05) is 10.9 Å². The molecule has 0 aliphatic heterocycles. The van der Waals surface area contributed by atoms with E-state index in [0.29, 0.717) is 16.8 Å². The fourth-order valence-corrected chi connectivity index (χ4v) is 2.75. The Kier molecular flexibility index (Phi) is 4.08. The van der Waals surface area contributed by atoms with Gasteiger partial charge in [-0.25, -0.2) is 14.2 Å². The van der Waals surface area contributed by atoms with Gasteiger partial charge in [-0.15, -0.1) is 0 Å². The van der Waals surface area contributed by atoms with E-state index in [4.69, 9.17) is 4.74 Å². The number of carbonyl (C=O) groups excluding carboxylic acids is 1. The molecular weight excluding hydrogens is 318 g/mol. The van der Waals surface area contributed by atoms with E-state index in [1.165, 1.54) is 10.6 Å². The van der Waals surface area contributed by atoms with Crippen LogP contribution in [0.4, 0.5) is 4.79 Å². The molecule has 1 aromatic heterocycles. The van der Waals surface area contributed by atoms with E-state index in [0.717, 1.165) is 5.39 Å². The Morgan fingerprint density at radius 1 is 1.00 bits per heavy atom. The molecule has 128 valence electrons. The average molecular weight is 337 g/mol. The van der Waals surface area contributed by atoms with Gasteiger partial charge in [-0.1, -0.05) is 36.4 Å². The Bertz CT molecular complexity index is 963. The van der Waals surface area contributed by atoms with E-state index >= 15 is 0 Å². The molecule has 0 aliphatic rings. The summed E-state index contributed by atoms with van der Waals surface area (Å²) in [5, 5.41) is 10.3. The second-order valence-corrected chi connectivity index (χ2v) is 6.75. The Balaban J connectivity index is 2.28. The van der Waals surface area contributed by atoms with Crippen molar-refractivity contribution in [2.75, 3.05) is 0 Å². The lowest BCUT2D eigenvalue weighted by molar-refractivity contribution is 0.0545. The van der Waals surface area contributed by atoms with Crippen molar-refractivity contribution in [3.8, 4) is 11.3 Å². The Morgan fingerprint density at radius 2 is 1.64 bits per heavy atom. The Morgan fingerprint density at radius 3 is 2.32 bits per heavy atom. The number of ether oxygens (including phenoxy) is 1. The van der Waals surface area contributed by atoms with Crippen molar-refractivity contribution in [2.45, 2.75) is 26.4 Å². The second-order valence-electron chi connectivity index (χ2n) is 6.75. The van der Waals surface area contributed by atoms with Gasteiger partial charge in [-0.3, -0.25) is 0 Å². The highest BCUT2D eigenvalue weighted by atomic mass is 16.6. The van der Waals surface area contributed by atoms with E-state index in [-0.39, 0.29) is 5.56 Å². The number of carboxylic acids is 1. The predicted octanol–water partition coefficient (Wildman–Crippen LogP) is 4.79. The Labute approximate surface area is 145 Å². The van der Waals surface area contributed by atoms with Crippen LogP contribution in [0.2, 0.25) is 0 Å². The fourth-order valence-electron chi connectivity index (χ4n) is 2.75. The number of rotatable bonds is 2. The fraction of sp³-hybridized carbons (Fsp3) is 0.200. The van der Waals surface area contributed by atoms with Crippen molar-refractivity contribution in [2.24, 2.45) is 0 Å². The van der Waals surface area contributed by atoms with Gasteiger partial charge in [0.2, 0.25) is 0 Å². The lowest BCUT2D eigenvalue weighted by atomic mass is 10.0. The molecule has 0 saturated heterocycles. The van der Waals surface area contributed by atoms with Crippen molar-refractivity contribution in [3.63, 3.8) is 0 Å². The molecule has 0 saturated carbocycles. The highest BCUT2D eigenvalue weighted by Gasteiger charge is 2.24. The van der Waals surface area contributed by atoms with Gasteiger partial charge >= 0.3 is 12.1 Å². The number of benzene rings is 2. The van der Waals surface area contributed by atoms with Gasteiger partial charge in [-0.2, -0.15) is 0 Å². The third kappa shape index (κ3) is 3.26. The number of nitrogens with zero attached hydrogens (tertiary/aromatic N) is 1. The van der Waals surface area contributed by atoms with E-state index in [1.54, 1.807) is 45.0 Å². The highest BCUT2D eigenvalue weighted by molar-refractivity contribution is 6.01. The molecule has 3 aromatic rings. The lowest BCUT2D eigenvalue weighted by Crippen LogP contribution is -2.27. The lowest BCUT2D eigenvalue weighted by Gasteiger charge is -2.21. The molecule has 0 atom stereocenters. The third-order valence-corrected chi connectivity index (χ3v) is 3.72. The SMILES string of the molecule is CC(C)(C)OC(=O)n1c(-c2ccccc2C(=O)O)cc2ccccc21. The zero-order valence-corrected chi connectivity index (χ0v) is 14.3. The summed E-state index contributed by atoms with van der Waals surface area (Å²) >= 11 is 0. The number of carbonyl (C=O) groups is 2. The van der Waals surface area contributed by atoms with Gasteiger partial charge in [0.05, 0.1) is 16.8 Å². The van der Waals surface area contributed by atoms with Crippen LogP contribution in [0.15, 0.2) is 54.6 Å². The quantitative estimate of drug-likeness (QED) is 0.730. The van der Waals surface area contributed by atoms with Crippen LogP contribution in [0.1, 0.15) is 31.1 Å². The molecule has 0 unspecified atom stereocenters. The highest BCUT2D eigenvalue weighted by Crippen LogP contribution is 2.31. The minimum atomic E-state index is -1.04. The first-order valence-corrected chi connectivity index (χ1v) is 7.94. The molecule has 0 fully saturated rings. The number of hydrogen-bond donors (Lipinski definition) is 1. The molecule has 1 heterocycles. The van der Waals surface area contributed by atoms with Gasteiger partial charge < -0.3 is 9.84 Å². The van der Waals surface area contributed by atoms with Crippen LogP contribution in [-0.2, 0) is 4.74 Å². The summed E-state index contributed by atoms with van der Waals surface area (Å²) in [6.07, 6.45) is -0.538. The second kappa shape index (κ2) is 6.09. The Hall–Kier alpha value is -3.08. The number of aromatic nitrogens is 1. The van der Waals surface area contributed by atoms with Crippen LogP contribution in [0, 0.1) is 0 Å². The van der Waals surface area contributed by atoms with Crippen LogP contribution >= 0.6 is 0 Å². The van der Waals surface area contributed by atoms with E-state index < -0.39 is 17.7 Å². The smallest absolute Gasteiger partial charge is 0.419 e. The first-order valence-electron chi connectivity index (χ1n) is 7.94. The molecule has 1 N–H and O–H groups in total. The molecular formula is C20H19NO4. The maximum Gasteiger partial charge on any atom is 0.419 e. The topological polar surface area (TPSA) is 68.5 Å². The van der Waals surface area contributed by atoms with E-state index in [2.05, 4.69) is 0 Å². The number of hydrogen-bond acceptors (Lipinski definition) is 3. The summed E-state index contributed by atoms with van der Waals surface area (Å²) in [6.45, 7) is 5.38. The molecule has 3 rings (SSSR count). The standard InChI is InChI=1S/C20H19NO4/c1-20(2,3)25-19(24)21-16-11-7-4-8-13(16)12-17(21)14-9-5-6-10-15(14)18(22)23/h4-12H,1-3H3,(H,22,23). The third-order valence-electron chi connectivity index (χ3n) is 3.72. The summed E-state index contributed by atoms with van der Waals surface area (Å²) in [4.78, 5) is 24.4. The zero-order chi connectivity index (χ0) is 18.2. The predicted molar refractivity (Wildman–Crippen MR) is 96.0 cm³/mol. The van der Waals surface area contributed by atoms with Gasteiger partial charge in [0.15, 0.2) is 0 Å². The normalized spacial score (nSPS) is 11.5. The van der Waals surface area contributed by atoms with Crippen molar-refractivity contribution in [3.05, 3.63) is 60.2 Å². The first-order chi connectivity index (χ1) is 11.8.